The molecule has 0 atom stereocenters. The van der Waals surface area contributed by atoms with Crippen LogP contribution in [-0.2, 0) is 30.5 Å². The van der Waals surface area contributed by atoms with E-state index in [1.54, 1.807) is 6.07 Å². The number of amides is 1. The first-order chi connectivity index (χ1) is 17.3. The molecule has 6 nitrogen and oxygen atoms in total. The standard InChI is InChI=1S/C27H32F3N5O/c1-2-7-25-17-23(32-35(25)24-10-4-3-5-11-24)18-31-26(36)20-34-14-12-33(13-15-34)19-21-8-6-9-22(16-21)27(28,29)30/h3-6,8-11,16-17H,2,7,12-15,18-20H2,1H3,(H,31,36). The number of rotatable bonds is 9. The van der Waals surface area contributed by atoms with Crippen LogP contribution >= 0.6 is 0 Å². The van der Waals surface area contributed by atoms with Gasteiger partial charge in [-0.25, -0.2) is 4.68 Å². The Bertz CT molecular complexity index is 1140. The van der Waals surface area contributed by atoms with E-state index in [9.17, 15) is 18.0 Å². The fraction of sp³-hybridized carbons (Fsp3) is 0.407. The fourth-order valence-electron chi connectivity index (χ4n) is 4.45. The van der Waals surface area contributed by atoms with E-state index < -0.39 is 11.7 Å². The number of alkyl halides is 3. The summed E-state index contributed by atoms with van der Waals surface area (Å²) in [5, 5.41) is 7.68. The average molecular weight is 500 g/mol. The van der Waals surface area contributed by atoms with Gasteiger partial charge in [0.25, 0.3) is 0 Å². The Morgan fingerprint density at radius 1 is 0.972 bits per heavy atom. The Morgan fingerprint density at radius 3 is 2.39 bits per heavy atom. The van der Waals surface area contributed by atoms with Crippen LogP contribution in [-0.4, -0.2) is 58.2 Å². The van der Waals surface area contributed by atoms with E-state index >= 15 is 0 Å². The highest BCUT2D eigenvalue weighted by Gasteiger charge is 2.30. The first kappa shape index (κ1) is 25.9. The molecule has 0 saturated carbocycles. The molecular weight excluding hydrogens is 467 g/mol. The van der Waals surface area contributed by atoms with Crippen molar-refractivity contribution < 1.29 is 18.0 Å². The minimum Gasteiger partial charge on any atom is -0.349 e. The van der Waals surface area contributed by atoms with Gasteiger partial charge in [0.2, 0.25) is 5.91 Å². The highest BCUT2D eigenvalue weighted by atomic mass is 19.4. The van der Waals surface area contributed by atoms with Crippen molar-refractivity contribution >= 4 is 5.91 Å². The molecule has 1 amide bonds. The van der Waals surface area contributed by atoms with Crippen LogP contribution in [0.1, 0.15) is 35.9 Å². The molecule has 0 aliphatic carbocycles. The van der Waals surface area contributed by atoms with Crippen molar-refractivity contribution in [1.82, 2.24) is 24.9 Å². The number of hydrogen-bond donors (Lipinski definition) is 1. The third kappa shape index (κ3) is 6.95. The van der Waals surface area contributed by atoms with Crippen molar-refractivity contribution in [2.75, 3.05) is 32.7 Å². The number of carbonyl (C=O) groups excluding carboxylic acids is 1. The van der Waals surface area contributed by atoms with Crippen molar-refractivity contribution in [1.29, 1.82) is 0 Å². The van der Waals surface area contributed by atoms with Crippen molar-refractivity contribution in [3.05, 3.63) is 83.2 Å². The van der Waals surface area contributed by atoms with Gasteiger partial charge in [-0.15, -0.1) is 0 Å². The third-order valence-corrected chi connectivity index (χ3v) is 6.30. The van der Waals surface area contributed by atoms with Gasteiger partial charge in [0.1, 0.15) is 0 Å². The zero-order valence-electron chi connectivity index (χ0n) is 20.5. The fourth-order valence-corrected chi connectivity index (χ4v) is 4.45. The number of aryl methyl sites for hydroxylation is 1. The largest absolute Gasteiger partial charge is 0.416 e. The molecule has 1 aliphatic rings. The molecule has 4 rings (SSSR count). The molecule has 0 bridgehead atoms. The lowest BCUT2D eigenvalue weighted by molar-refractivity contribution is -0.137. The van der Waals surface area contributed by atoms with Crippen LogP contribution in [0.3, 0.4) is 0 Å². The van der Waals surface area contributed by atoms with E-state index in [1.807, 2.05) is 41.1 Å². The highest BCUT2D eigenvalue weighted by molar-refractivity contribution is 5.78. The summed E-state index contributed by atoms with van der Waals surface area (Å²) in [6.45, 7) is 6.03. The van der Waals surface area contributed by atoms with E-state index in [-0.39, 0.29) is 5.91 Å². The zero-order valence-corrected chi connectivity index (χ0v) is 20.5. The predicted octanol–water partition coefficient (Wildman–Crippen LogP) is 4.28. The van der Waals surface area contributed by atoms with Gasteiger partial charge in [-0.1, -0.05) is 49.7 Å². The van der Waals surface area contributed by atoms with Gasteiger partial charge in [-0.2, -0.15) is 18.3 Å². The predicted molar refractivity (Wildman–Crippen MR) is 133 cm³/mol. The molecule has 9 heteroatoms. The Kier molecular flexibility index (Phi) is 8.43. The molecule has 0 spiro atoms. The van der Waals surface area contributed by atoms with Crippen LogP contribution in [0.5, 0.6) is 0 Å². The quantitative estimate of drug-likeness (QED) is 0.478. The summed E-state index contributed by atoms with van der Waals surface area (Å²) in [6.07, 6.45) is -2.43. The minimum atomic E-state index is -4.33. The molecule has 2 heterocycles. The molecule has 0 unspecified atom stereocenters. The number of halogens is 3. The van der Waals surface area contributed by atoms with E-state index in [0.717, 1.165) is 36.0 Å². The van der Waals surface area contributed by atoms with E-state index in [4.69, 9.17) is 5.10 Å². The zero-order chi connectivity index (χ0) is 25.5. The van der Waals surface area contributed by atoms with Gasteiger partial charge in [0.15, 0.2) is 0 Å². The number of benzene rings is 2. The topological polar surface area (TPSA) is 53.4 Å². The lowest BCUT2D eigenvalue weighted by Gasteiger charge is -2.34. The van der Waals surface area contributed by atoms with Crippen LogP contribution in [0.15, 0.2) is 60.7 Å². The smallest absolute Gasteiger partial charge is 0.349 e. The lowest BCUT2D eigenvalue weighted by Crippen LogP contribution is -2.49. The third-order valence-electron chi connectivity index (χ3n) is 6.30. The lowest BCUT2D eigenvalue weighted by atomic mass is 10.1. The van der Waals surface area contributed by atoms with E-state index in [0.29, 0.717) is 51.4 Å². The van der Waals surface area contributed by atoms with Crippen LogP contribution in [0.4, 0.5) is 13.2 Å². The molecule has 36 heavy (non-hydrogen) atoms. The summed E-state index contributed by atoms with van der Waals surface area (Å²) in [7, 11) is 0. The number of carbonyl (C=O) groups is 1. The summed E-state index contributed by atoms with van der Waals surface area (Å²) in [6, 6.07) is 17.5. The minimum absolute atomic E-state index is 0.0624. The number of nitrogens with zero attached hydrogens (tertiary/aromatic N) is 4. The molecule has 0 radical (unpaired) electrons. The SMILES string of the molecule is CCCc1cc(CNC(=O)CN2CCN(Cc3cccc(C(F)(F)F)c3)CC2)nn1-c1ccccc1. The van der Waals surface area contributed by atoms with Gasteiger partial charge in [0.05, 0.1) is 30.0 Å². The van der Waals surface area contributed by atoms with Gasteiger partial charge in [-0.3, -0.25) is 14.6 Å². The molecule has 3 aromatic rings. The van der Waals surface area contributed by atoms with Gasteiger partial charge in [0, 0.05) is 38.4 Å². The van der Waals surface area contributed by atoms with Crippen molar-refractivity contribution in [2.24, 2.45) is 0 Å². The number of piperazine rings is 1. The maximum atomic E-state index is 13.0. The molecule has 1 aromatic heterocycles. The van der Waals surface area contributed by atoms with Gasteiger partial charge in [-0.05, 0) is 36.2 Å². The number of hydrogen-bond acceptors (Lipinski definition) is 4. The molecule has 2 aromatic carbocycles. The van der Waals surface area contributed by atoms with Crippen molar-refractivity contribution in [3.63, 3.8) is 0 Å². The van der Waals surface area contributed by atoms with E-state index in [1.165, 1.54) is 12.1 Å². The second-order valence-corrected chi connectivity index (χ2v) is 9.15. The van der Waals surface area contributed by atoms with Crippen LogP contribution in [0.25, 0.3) is 5.69 Å². The van der Waals surface area contributed by atoms with Gasteiger partial charge >= 0.3 is 6.18 Å². The molecule has 1 saturated heterocycles. The summed E-state index contributed by atoms with van der Waals surface area (Å²) in [5.41, 5.74) is 2.96. The highest BCUT2D eigenvalue weighted by Crippen LogP contribution is 2.29. The Morgan fingerprint density at radius 2 is 1.69 bits per heavy atom. The van der Waals surface area contributed by atoms with Crippen LogP contribution in [0.2, 0.25) is 0 Å². The van der Waals surface area contributed by atoms with Crippen molar-refractivity contribution in [3.8, 4) is 5.69 Å². The first-order valence-corrected chi connectivity index (χ1v) is 12.3. The Balaban J connectivity index is 1.24. The molecule has 1 fully saturated rings. The maximum absolute atomic E-state index is 13.0. The number of nitrogens with one attached hydrogen (secondary N) is 1. The molecule has 192 valence electrons. The summed E-state index contributed by atoms with van der Waals surface area (Å²) in [4.78, 5) is 16.8. The normalized spacial score (nSPS) is 15.2. The average Bonchev–Trinajstić information content (AvgIpc) is 3.27. The number of aromatic nitrogens is 2. The van der Waals surface area contributed by atoms with Gasteiger partial charge < -0.3 is 5.32 Å². The first-order valence-electron chi connectivity index (χ1n) is 12.3. The monoisotopic (exact) mass is 499 g/mol. The molecular formula is C27H32F3N5O. The summed E-state index contributed by atoms with van der Waals surface area (Å²) in [5.74, 6) is -0.0624. The molecule has 1 aliphatic heterocycles. The van der Waals surface area contributed by atoms with Crippen LogP contribution < -0.4 is 5.32 Å². The van der Waals surface area contributed by atoms with Crippen LogP contribution in [0, 0.1) is 0 Å². The van der Waals surface area contributed by atoms with Crippen molar-refractivity contribution in [2.45, 2.75) is 39.0 Å². The molecule has 1 N–H and O–H groups in total. The second-order valence-electron chi connectivity index (χ2n) is 9.15. The Hall–Kier alpha value is -3.17. The maximum Gasteiger partial charge on any atom is 0.416 e. The summed E-state index contributed by atoms with van der Waals surface area (Å²) >= 11 is 0. The van der Waals surface area contributed by atoms with E-state index in [2.05, 4.69) is 22.0 Å². The second kappa shape index (κ2) is 11.7. The Labute approximate surface area is 209 Å². The number of para-hydroxylation sites is 1. The summed E-state index contributed by atoms with van der Waals surface area (Å²) < 4.78 is 40.8.